The van der Waals surface area contributed by atoms with Gasteiger partial charge in [-0.1, -0.05) is 26.2 Å². The van der Waals surface area contributed by atoms with E-state index in [1.165, 1.54) is 32.1 Å². The van der Waals surface area contributed by atoms with Crippen LogP contribution in [-0.4, -0.2) is 45.5 Å². The highest BCUT2D eigenvalue weighted by Gasteiger charge is 2.14. The molecule has 5 nitrogen and oxygen atoms in total. The lowest BCUT2D eigenvalue weighted by Crippen LogP contribution is -2.45. The van der Waals surface area contributed by atoms with Gasteiger partial charge < -0.3 is 10.6 Å². The van der Waals surface area contributed by atoms with Gasteiger partial charge in [0, 0.05) is 25.4 Å². The van der Waals surface area contributed by atoms with Crippen LogP contribution in [0.5, 0.6) is 0 Å². The van der Waals surface area contributed by atoms with E-state index in [2.05, 4.69) is 15.6 Å². The molecule has 0 aromatic carbocycles. The first-order valence-electron chi connectivity index (χ1n) is 6.75. The van der Waals surface area contributed by atoms with Crippen molar-refractivity contribution < 1.29 is 8.42 Å². The Morgan fingerprint density at radius 1 is 1.26 bits per heavy atom. The Bertz CT molecular complexity index is 365. The van der Waals surface area contributed by atoms with Crippen molar-refractivity contribution >= 4 is 39.8 Å². The SMILES string of the molecule is CCS(=O)(=O)CCNC(=NC)NC1CCCCC1.I. The van der Waals surface area contributed by atoms with E-state index in [1.54, 1.807) is 14.0 Å². The molecular formula is C12H26IN3O2S. The Morgan fingerprint density at radius 2 is 1.89 bits per heavy atom. The quantitative estimate of drug-likeness (QED) is 0.415. The predicted octanol–water partition coefficient (Wildman–Crippen LogP) is 1.54. The molecule has 1 aliphatic rings. The predicted molar refractivity (Wildman–Crippen MR) is 91.1 cm³/mol. The number of hydrogen-bond acceptors (Lipinski definition) is 3. The average Bonchev–Trinajstić information content (AvgIpc) is 2.38. The molecule has 1 fully saturated rings. The number of aliphatic imine (C=N–C) groups is 1. The third kappa shape index (κ3) is 7.96. The number of halogens is 1. The number of nitrogens with zero attached hydrogens (tertiary/aromatic N) is 1. The molecule has 0 bridgehead atoms. The zero-order chi connectivity index (χ0) is 13.4. The minimum absolute atomic E-state index is 0. The summed E-state index contributed by atoms with van der Waals surface area (Å²) in [5.41, 5.74) is 0. The van der Waals surface area contributed by atoms with Gasteiger partial charge in [-0.15, -0.1) is 24.0 Å². The first kappa shape index (κ1) is 18.9. The summed E-state index contributed by atoms with van der Waals surface area (Å²) in [4.78, 5) is 4.13. The maximum atomic E-state index is 11.4. The first-order valence-corrected chi connectivity index (χ1v) is 8.57. The van der Waals surface area contributed by atoms with Gasteiger partial charge in [-0.25, -0.2) is 8.42 Å². The Balaban J connectivity index is 0.00000324. The third-order valence-corrected chi connectivity index (χ3v) is 5.02. The molecule has 1 rings (SSSR count). The molecule has 0 aromatic rings. The van der Waals surface area contributed by atoms with E-state index in [0.29, 0.717) is 18.5 Å². The van der Waals surface area contributed by atoms with Crippen LogP contribution < -0.4 is 10.6 Å². The van der Waals surface area contributed by atoms with E-state index >= 15 is 0 Å². The number of rotatable bonds is 5. The topological polar surface area (TPSA) is 70.6 Å². The minimum Gasteiger partial charge on any atom is -0.355 e. The highest BCUT2D eigenvalue weighted by atomic mass is 127. The summed E-state index contributed by atoms with van der Waals surface area (Å²) in [6.07, 6.45) is 6.19. The van der Waals surface area contributed by atoms with E-state index in [9.17, 15) is 8.42 Å². The van der Waals surface area contributed by atoms with Gasteiger partial charge in [0.15, 0.2) is 15.8 Å². The molecule has 0 atom stereocenters. The lowest BCUT2D eigenvalue weighted by Gasteiger charge is -2.24. The summed E-state index contributed by atoms with van der Waals surface area (Å²) in [6, 6.07) is 0.479. The van der Waals surface area contributed by atoms with Crippen molar-refractivity contribution in [3.05, 3.63) is 0 Å². The molecule has 0 saturated heterocycles. The van der Waals surface area contributed by atoms with Crippen molar-refractivity contribution in [1.82, 2.24) is 10.6 Å². The largest absolute Gasteiger partial charge is 0.355 e. The van der Waals surface area contributed by atoms with Crippen molar-refractivity contribution in [3.8, 4) is 0 Å². The number of guanidine groups is 1. The van der Waals surface area contributed by atoms with E-state index < -0.39 is 9.84 Å². The molecular weight excluding hydrogens is 377 g/mol. The van der Waals surface area contributed by atoms with Gasteiger partial charge in [0.2, 0.25) is 0 Å². The smallest absolute Gasteiger partial charge is 0.191 e. The second-order valence-corrected chi connectivity index (χ2v) is 7.19. The zero-order valence-corrected chi connectivity index (χ0v) is 15.0. The molecule has 1 saturated carbocycles. The second kappa shape index (κ2) is 9.79. The Hall–Kier alpha value is -0.0500. The molecule has 0 unspecified atom stereocenters. The molecule has 19 heavy (non-hydrogen) atoms. The Kier molecular flexibility index (Phi) is 9.77. The van der Waals surface area contributed by atoms with Crippen LogP contribution >= 0.6 is 24.0 Å². The first-order chi connectivity index (χ1) is 8.57. The highest BCUT2D eigenvalue weighted by Crippen LogP contribution is 2.17. The fraction of sp³-hybridized carbons (Fsp3) is 0.917. The van der Waals surface area contributed by atoms with Gasteiger partial charge in [-0.3, -0.25) is 4.99 Å². The van der Waals surface area contributed by atoms with Crippen LogP contribution in [0.4, 0.5) is 0 Å². The standard InChI is InChI=1S/C12H25N3O2S.HI/c1-3-18(16,17)10-9-14-12(13-2)15-11-7-5-4-6-8-11;/h11H,3-10H2,1-2H3,(H2,13,14,15);1H. The van der Waals surface area contributed by atoms with Gasteiger partial charge in [0.05, 0.1) is 5.75 Å². The average molecular weight is 403 g/mol. The molecule has 0 radical (unpaired) electrons. The van der Waals surface area contributed by atoms with Gasteiger partial charge in [0.25, 0.3) is 0 Å². The molecule has 0 heterocycles. The summed E-state index contributed by atoms with van der Waals surface area (Å²) in [5, 5.41) is 6.42. The van der Waals surface area contributed by atoms with Crippen LogP contribution in [0.2, 0.25) is 0 Å². The van der Waals surface area contributed by atoms with Crippen molar-refractivity contribution in [2.45, 2.75) is 45.1 Å². The second-order valence-electron chi connectivity index (χ2n) is 4.71. The third-order valence-electron chi connectivity index (χ3n) is 3.31. The van der Waals surface area contributed by atoms with Crippen LogP contribution in [0.15, 0.2) is 4.99 Å². The molecule has 2 N–H and O–H groups in total. The monoisotopic (exact) mass is 403 g/mol. The molecule has 0 aliphatic heterocycles. The Morgan fingerprint density at radius 3 is 2.42 bits per heavy atom. The number of hydrogen-bond donors (Lipinski definition) is 2. The minimum atomic E-state index is -2.90. The van der Waals surface area contributed by atoms with E-state index in [0.717, 1.165) is 0 Å². The molecule has 0 aromatic heterocycles. The molecule has 7 heteroatoms. The van der Waals surface area contributed by atoms with Gasteiger partial charge in [-0.05, 0) is 12.8 Å². The molecule has 1 aliphatic carbocycles. The number of sulfone groups is 1. The van der Waals surface area contributed by atoms with Crippen LogP contribution in [0, 0.1) is 0 Å². The van der Waals surface area contributed by atoms with Crippen LogP contribution in [-0.2, 0) is 9.84 Å². The van der Waals surface area contributed by atoms with Crippen molar-refractivity contribution in [2.24, 2.45) is 4.99 Å². The van der Waals surface area contributed by atoms with Crippen LogP contribution in [0.25, 0.3) is 0 Å². The van der Waals surface area contributed by atoms with Gasteiger partial charge in [-0.2, -0.15) is 0 Å². The van der Waals surface area contributed by atoms with Crippen LogP contribution in [0.3, 0.4) is 0 Å². The molecule has 0 amide bonds. The molecule has 0 spiro atoms. The summed E-state index contributed by atoms with van der Waals surface area (Å²) in [5.74, 6) is 1.08. The van der Waals surface area contributed by atoms with E-state index in [4.69, 9.17) is 0 Å². The summed E-state index contributed by atoms with van der Waals surface area (Å²) in [7, 11) is -1.19. The lowest BCUT2D eigenvalue weighted by molar-refractivity contribution is 0.410. The fourth-order valence-electron chi connectivity index (χ4n) is 2.10. The zero-order valence-electron chi connectivity index (χ0n) is 11.8. The maximum absolute atomic E-state index is 11.4. The number of nitrogens with one attached hydrogen (secondary N) is 2. The summed E-state index contributed by atoms with van der Waals surface area (Å²) >= 11 is 0. The lowest BCUT2D eigenvalue weighted by atomic mass is 9.96. The summed E-state index contributed by atoms with van der Waals surface area (Å²) in [6.45, 7) is 2.09. The Labute approximate surface area is 134 Å². The van der Waals surface area contributed by atoms with E-state index in [-0.39, 0.29) is 35.5 Å². The van der Waals surface area contributed by atoms with Gasteiger partial charge in [0.1, 0.15) is 0 Å². The van der Waals surface area contributed by atoms with Gasteiger partial charge >= 0.3 is 0 Å². The summed E-state index contributed by atoms with van der Waals surface area (Å²) < 4.78 is 22.7. The fourth-order valence-corrected chi connectivity index (χ4v) is 2.81. The van der Waals surface area contributed by atoms with Crippen LogP contribution in [0.1, 0.15) is 39.0 Å². The molecule has 114 valence electrons. The normalized spacial score (nSPS) is 17.7. The maximum Gasteiger partial charge on any atom is 0.191 e. The van der Waals surface area contributed by atoms with Crippen molar-refractivity contribution in [3.63, 3.8) is 0 Å². The van der Waals surface area contributed by atoms with Crippen molar-refractivity contribution in [1.29, 1.82) is 0 Å². The van der Waals surface area contributed by atoms with Crippen molar-refractivity contribution in [2.75, 3.05) is 25.1 Å². The highest BCUT2D eigenvalue weighted by molar-refractivity contribution is 14.0. The van der Waals surface area contributed by atoms with E-state index in [1.807, 2.05) is 0 Å².